The molecule has 5 nitrogen and oxygen atoms in total. The zero-order valence-electron chi connectivity index (χ0n) is 18.6. The number of nitrogens with zero attached hydrogens (tertiary/aromatic N) is 1. The first-order valence-electron chi connectivity index (χ1n) is 10.8. The van der Waals surface area contributed by atoms with Gasteiger partial charge in [-0.2, -0.15) is 4.31 Å². The van der Waals surface area contributed by atoms with E-state index in [4.69, 9.17) is 11.6 Å². The number of hydrogen-bond acceptors (Lipinski definition) is 3. The molecule has 0 aliphatic carbocycles. The molecular weight excluding hydrogens is 487 g/mol. The number of anilines is 1. The number of nitrogens with one attached hydrogen (secondary N) is 1. The Balaban J connectivity index is 1.62. The zero-order chi connectivity index (χ0) is 24.8. The van der Waals surface area contributed by atoms with Crippen molar-refractivity contribution in [3.63, 3.8) is 0 Å². The van der Waals surface area contributed by atoms with Crippen molar-refractivity contribution >= 4 is 33.2 Å². The van der Waals surface area contributed by atoms with Gasteiger partial charge in [-0.1, -0.05) is 84.4 Å². The Kier molecular flexibility index (Phi) is 7.60. The number of halogens is 2. The first-order chi connectivity index (χ1) is 16.8. The van der Waals surface area contributed by atoms with Gasteiger partial charge in [0.1, 0.15) is 5.82 Å². The normalized spacial score (nSPS) is 11.4. The molecule has 4 rings (SSSR count). The SMILES string of the molecule is O=C(Nc1ccc(S(=O)(=O)N(Cc2ccccc2)Cc2ccccc2)cc1F)c1ccccc1Cl. The van der Waals surface area contributed by atoms with Crippen LogP contribution in [0.25, 0.3) is 0 Å². The van der Waals surface area contributed by atoms with E-state index in [9.17, 15) is 17.6 Å². The zero-order valence-corrected chi connectivity index (χ0v) is 20.1. The topological polar surface area (TPSA) is 66.5 Å². The van der Waals surface area contributed by atoms with Gasteiger partial charge in [-0.3, -0.25) is 4.79 Å². The van der Waals surface area contributed by atoms with Gasteiger partial charge < -0.3 is 5.32 Å². The van der Waals surface area contributed by atoms with E-state index >= 15 is 0 Å². The molecule has 8 heteroatoms. The summed E-state index contributed by atoms with van der Waals surface area (Å²) in [6.45, 7) is 0.232. The van der Waals surface area contributed by atoms with Crippen LogP contribution in [0.2, 0.25) is 5.02 Å². The molecule has 4 aromatic rings. The van der Waals surface area contributed by atoms with Crippen molar-refractivity contribution in [2.45, 2.75) is 18.0 Å². The molecule has 0 bridgehead atoms. The first kappa shape index (κ1) is 24.6. The average Bonchev–Trinajstić information content (AvgIpc) is 2.86. The van der Waals surface area contributed by atoms with Crippen molar-refractivity contribution in [1.82, 2.24) is 4.31 Å². The van der Waals surface area contributed by atoms with Crippen molar-refractivity contribution in [2.24, 2.45) is 0 Å². The molecule has 0 unspecified atom stereocenters. The lowest BCUT2D eigenvalue weighted by Gasteiger charge is -2.23. The van der Waals surface area contributed by atoms with E-state index in [1.54, 1.807) is 18.2 Å². The number of carbonyl (C=O) groups is 1. The van der Waals surface area contributed by atoms with Crippen molar-refractivity contribution in [3.8, 4) is 0 Å². The summed E-state index contributed by atoms with van der Waals surface area (Å²) in [6, 6.07) is 28.2. The van der Waals surface area contributed by atoms with Crippen LogP contribution in [0, 0.1) is 5.82 Å². The van der Waals surface area contributed by atoms with E-state index in [0.29, 0.717) is 0 Å². The Hall–Kier alpha value is -3.52. The van der Waals surface area contributed by atoms with E-state index in [1.807, 2.05) is 60.7 Å². The van der Waals surface area contributed by atoms with Crippen LogP contribution in [-0.4, -0.2) is 18.6 Å². The van der Waals surface area contributed by atoms with Crippen LogP contribution in [0.15, 0.2) is 108 Å². The van der Waals surface area contributed by atoms with Gasteiger partial charge in [0.15, 0.2) is 0 Å². The van der Waals surface area contributed by atoms with Gasteiger partial charge in [0, 0.05) is 13.1 Å². The van der Waals surface area contributed by atoms with Crippen molar-refractivity contribution in [2.75, 3.05) is 5.32 Å². The van der Waals surface area contributed by atoms with E-state index in [-0.39, 0.29) is 34.3 Å². The first-order valence-corrected chi connectivity index (χ1v) is 12.6. The lowest BCUT2D eigenvalue weighted by Crippen LogP contribution is -2.30. The summed E-state index contributed by atoms with van der Waals surface area (Å²) in [5.74, 6) is -1.47. The molecule has 0 aliphatic heterocycles. The highest BCUT2D eigenvalue weighted by atomic mass is 35.5. The molecule has 0 aliphatic rings. The molecule has 1 N–H and O–H groups in total. The summed E-state index contributed by atoms with van der Waals surface area (Å²) in [5.41, 5.74) is 1.64. The van der Waals surface area contributed by atoms with Crippen molar-refractivity contribution in [1.29, 1.82) is 0 Å². The average molecular weight is 509 g/mol. The van der Waals surface area contributed by atoms with Crippen LogP contribution in [0.4, 0.5) is 10.1 Å². The second-order valence-corrected chi connectivity index (χ2v) is 10.2. The van der Waals surface area contributed by atoms with Crippen molar-refractivity contribution < 1.29 is 17.6 Å². The Morgan fingerprint density at radius 1 is 0.800 bits per heavy atom. The summed E-state index contributed by atoms with van der Waals surface area (Å²) in [4.78, 5) is 12.3. The summed E-state index contributed by atoms with van der Waals surface area (Å²) in [7, 11) is -4.06. The molecule has 0 heterocycles. The minimum absolute atomic E-state index is 0.116. The molecule has 1 amide bonds. The highest BCUT2D eigenvalue weighted by Crippen LogP contribution is 2.26. The van der Waals surface area contributed by atoms with Gasteiger partial charge in [0.2, 0.25) is 10.0 Å². The largest absolute Gasteiger partial charge is 0.319 e. The minimum Gasteiger partial charge on any atom is -0.319 e. The molecule has 0 spiro atoms. The lowest BCUT2D eigenvalue weighted by atomic mass is 10.2. The van der Waals surface area contributed by atoms with E-state index in [1.165, 1.54) is 22.5 Å². The van der Waals surface area contributed by atoms with Gasteiger partial charge in [-0.15, -0.1) is 0 Å². The molecule has 0 aromatic heterocycles. The quantitative estimate of drug-likeness (QED) is 0.311. The van der Waals surface area contributed by atoms with Crippen LogP contribution < -0.4 is 5.32 Å². The number of amides is 1. The van der Waals surface area contributed by atoms with Crippen LogP contribution in [0.3, 0.4) is 0 Å². The maximum absolute atomic E-state index is 14.9. The van der Waals surface area contributed by atoms with E-state index < -0.39 is 21.7 Å². The Bertz CT molecular complexity index is 1390. The van der Waals surface area contributed by atoms with Gasteiger partial charge >= 0.3 is 0 Å². The Morgan fingerprint density at radius 3 is 1.89 bits per heavy atom. The summed E-state index contributed by atoms with van der Waals surface area (Å²) < 4.78 is 43.3. The molecule has 0 atom stereocenters. The number of benzene rings is 4. The second kappa shape index (κ2) is 10.8. The highest BCUT2D eigenvalue weighted by Gasteiger charge is 2.26. The monoisotopic (exact) mass is 508 g/mol. The van der Waals surface area contributed by atoms with Crippen LogP contribution in [-0.2, 0) is 23.1 Å². The number of carbonyl (C=O) groups excluding carboxylic acids is 1. The molecule has 0 saturated heterocycles. The third-order valence-corrected chi connectivity index (χ3v) is 7.47. The van der Waals surface area contributed by atoms with Crippen molar-refractivity contribution in [3.05, 3.63) is 131 Å². The summed E-state index contributed by atoms with van der Waals surface area (Å²) >= 11 is 6.04. The van der Waals surface area contributed by atoms with E-state index in [0.717, 1.165) is 17.2 Å². The Morgan fingerprint density at radius 2 is 1.34 bits per heavy atom. The fourth-order valence-electron chi connectivity index (χ4n) is 3.54. The van der Waals surface area contributed by atoms with Gasteiger partial charge in [0.05, 0.1) is 21.2 Å². The van der Waals surface area contributed by atoms with Crippen LogP contribution >= 0.6 is 11.6 Å². The van der Waals surface area contributed by atoms with Gasteiger partial charge in [-0.05, 0) is 41.5 Å². The molecule has 0 radical (unpaired) electrons. The molecule has 0 saturated carbocycles. The summed E-state index contributed by atoms with van der Waals surface area (Å²) in [5, 5.41) is 2.67. The lowest BCUT2D eigenvalue weighted by molar-refractivity contribution is 0.102. The predicted molar refractivity (Wildman–Crippen MR) is 135 cm³/mol. The third kappa shape index (κ3) is 5.95. The van der Waals surface area contributed by atoms with Crippen LogP contribution in [0.1, 0.15) is 21.5 Å². The van der Waals surface area contributed by atoms with Gasteiger partial charge in [-0.25, -0.2) is 12.8 Å². The standard InChI is InChI=1S/C27H22ClFN2O3S/c28-24-14-8-7-13-23(24)27(32)30-26-16-15-22(17-25(26)29)35(33,34)31(18-20-9-3-1-4-10-20)19-21-11-5-2-6-12-21/h1-17H,18-19H2,(H,30,32). The highest BCUT2D eigenvalue weighted by molar-refractivity contribution is 7.89. The third-order valence-electron chi connectivity index (χ3n) is 5.35. The number of rotatable bonds is 8. The maximum atomic E-state index is 14.9. The van der Waals surface area contributed by atoms with Crippen LogP contribution in [0.5, 0.6) is 0 Å². The minimum atomic E-state index is -4.06. The molecular formula is C27H22ClFN2O3S. The smallest absolute Gasteiger partial charge is 0.257 e. The predicted octanol–water partition coefficient (Wildman–Crippen LogP) is 6.12. The molecule has 178 valence electrons. The molecule has 0 fully saturated rings. The fourth-order valence-corrected chi connectivity index (χ4v) is 5.19. The molecule has 4 aromatic carbocycles. The Labute approximate surface area is 208 Å². The molecule has 35 heavy (non-hydrogen) atoms. The maximum Gasteiger partial charge on any atom is 0.257 e. The van der Waals surface area contributed by atoms with E-state index in [2.05, 4.69) is 5.32 Å². The van der Waals surface area contributed by atoms with Gasteiger partial charge in [0.25, 0.3) is 5.91 Å². The second-order valence-electron chi connectivity index (χ2n) is 7.82. The number of sulfonamides is 1. The summed E-state index contributed by atoms with van der Waals surface area (Å²) in [6.07, 6.45) is 0. The number of hydrogen-bond donors (Lipinski definition) is 1. The fraction of sp³-hybridized carbons (Fsp3) is 0.0741.